The van der Waals surface area contributed by atoms with Crippen LogP contribution in [-0.4, -0.2) is 31.6 Å². The maximum Gasteiger partial charge on any atom is 0.191 e. The highest BCUT2D eigenvalue weighted by molar-refractivity contribution is 14.0. The standard InChI is InChI=1S/C17H30N4.HI/c1-13-7-8-15(14(2)11-13)12-20-16(18-6)19-9-10-21-17(3,4)5;/h7-8,11,21H,9-10,12H2,1-6H3,(H2,18,19,20);1H. The van der Waals surface area contributed by atoms with Gasteiger partial charge >= 0.3 is 0 Å². The second-order valence-corrected chi connectivity index (χ2v) is 6.46. The lowest BCUT2D eigenvalue weighted by atomic mass is 10.1. The molecule has 0 amide bonds. The van der Waals surface area contributed by atoms with Gasteiger partial charge in [0, 0.05) is 32.2 Å². The highest BCUT2D eigenvalue weighted by atomic mass is 127. The summed E-state index contributed by atoms with van der Waals surface area (Å²) in [5, 5.41) is 10.1. The summed E-state index contributed by atoms with van der Waals surface area (Å²) in [5.41, 5.74) is 4.06. The van der Waals surface area contributed by atoms with Crippen molar-refractivity contribution in [2.45, 2.75) is 46.7 Å². The number of benzene rings is 1. The number of halogens is 1. The summed E-state index contributed by atoms with van der Waals surface area (Å²) in [6, 6.07) is 6.53. The lowest BCUT2D eigenvalue weighted by molar-refractivity contribution is 0.428. The molecule has 0 atom stereocenters. The maximum atomic E-state index is 4.25. The predicted octanol–water partition coefficient (Wildman–Crippen LogP) is 2.97. The molecule has 0 bridgehead atoms. The van der Waals surface area contributed by atoms with Gasteiger partial charge in [-0.05, 0) is 45.7 Å². The molecule has 126 valence electrons. The van der Waals surface area contributed by atoms with Crippen LogP contribution in [0, 0.1) is 13.8 Å². The number of hydrogen-bond acceptors (Lipinski definition) is 2. The highest BCUT2D eigenvalue weighted by Crippen LogP contribution is 2.09. The molecule has 0 radical (unpaired) electrons. The molecule has 1 aromatic carbocycles. The lowest BCUT2D eigenvalue weighted by Gasteiger charge is -2.21. The van der Waals surface area contributed by atoms with E-state index >= 15 is 0 Å². The molecule has 1 aromatic rings. The molecule has 3 N–H and O–H groups in total. The molecule has 4 nitrogen and oxygen atoms in total. The van der Waals surface area contributed by atoms with E-state index in [4.69, 9.17) is 0 Å². The van der Waals surface area contributed by atoms with Crippen molar-refractivity contribution in [2.75, 3.05) is 20.1 Å². The van der Waals surface area contributed by atoms with E-state index in [0.717, 1.165) is 25.6 Å². The van der Waals surface area contributed by atoms with Crippen LogP contribution in [0.15, 0.2) is 23.2 Å². The minimum atomic E-state index is 0. The monoisotopic (exact) mass is 418 g/mol. The molecule has 0 heterocycles. The van der Waals surface area contributed by atoms with E-state index in [1.807, 2.05) is 0 Å². The van der Waals surface area contributed by atoms with Gasteiger partial charge in [0.1, 0.15) is 0 Å². The Morgan fingerprint density at radius 3 is 2.32 bits per heavy atom. The number of hydrogen-bond donors (Lipinski definition) is 3. The van der Waals surface area contributed by atoms with Gasteiger partial charge in [0.05, 0.1) is 0 Å². The first-order chi connectivity index (χ1) is 9.81. The molecule has 0 aromatic heterocycles. The Labute approximate surface area is 152 Å². The fourth-order valence-corrected chi connectivity index (χ4v) is 2.06. The Balaban J connectivity index is 0.00000441. The van der Waals surface area contributed by atoms with E-state index in [1.165, 1.54) is 16.7 Å². The van der Waals surface area contributed by atoms with Crippen molar-refractivity contribution in [3.63, 3.8) is 0 Å². The fraction of sp³-hybridized carbons (Fsp3) is 0.588. The van der Waals surface area contributed by atoms with E-state index in [2.05, 4.69) is 73.8 Å². The Morgan fingerprint density at radius 2 is 1.77 bits per heavy atom. The Bertz CT molecular complexity index is 478. The second kappa shape index (κ2) is 10.0. The molecule has 0 aliphatic heterocycles. The van der Waals surface area contributed by atoms with Gasteiger partial charge in [0.2, 0.25) is 0 Å². The molecule has 5 heteroatoms. The van der Waals surface area contributed by atoms with Gasteiger partial charge in [-0.25, -0.2) is 0 Å². The van der Waals surface area contributed by atoms with Crippen LogP contribution in [0.2, 0.25) is 0 Å². The molecule has 0 saturated carbocycles. The number of rotatable bonds is 5. The van der Waals surface area contributed by atoms with Gasteiger partial charge in [-0.15, -0.1) is 24.0 Å². The zero-order valence-corrected chi connectivity index (χ0v) is 17.0. The van der Waals surface area contributed by atoms with Crippen molar-refractivity contribution in [3.8, 4) is 0 Å². The molecular formula is C17H31IN4. The van der Waals surface area contributed by atoms with Crippen LogP contribution in [0.25, 0.3) is 0 Å². The van der Waals surface area contributed by atoms with E-state index in [0.29, 0.717) is 0 Å². The molecule has 1 rings (SSSR count). The molecule has 0 aliphatic carbocycles. The first kappa shape index (κ1) is 21.2. The van der Waals surface area contributed by atoms with Gasteiger partial charge in [0.25, 0.3) is 0 Å². The van der Waals surface area contributed by atoms with Crippen LogP contribution in [0.4, 0.5) is 0 Å². The third kappa shape index (κ3) is 8.58. The summed E-state index contributed by atoms with van der Waals surface area (Å²) >= 11 is 0. The first-order valence-electron chi connectivity index (χ1n) is 7.57. The van der Waals surface area contributed by atoms with Gasteiger partial charge in [-0.3, -0.25) is 4.99 Å². The number of nitrogens with one attached hydrogen (secondary N) is 3. The van der Waals surface area contributed by atoms with Crippen molar-refractivity contribution in [1.29, 1.82) is 0 Å². The normalized spacial score (nSPS) is 11.8. The van der Waals surface area contributed by atoms with Crippen LogP contribution in [0.3, 0.4) is 0 Å². The van der Waals surface area contributed by atoms with Crippen molar-refractivity contribution in [1.82, 2.24) is 16.0 Å². The molecule has 0 unspecified atom stereocenters. The first-order valence-corrected chi connectivity index (χ1v) is 7.57. The fourth-order valence-electron chi connectivity index (χ4n) is 2.06. The van der Waals surface area contributed by atoms with E-state index in [-0.39, 0.29) is 29.5 Å². The van der Waals surface area contributed by atoms with E-state index in [1.54, 1.807) is 7.05 Å². The average molecular weight is 418 g/mol. The average Bonchev–Trinajstić information content (AvgIpc) is 2.38. The number of aliphatic imine (C=N–C) groups is 1. The summed E-state index contributed by atoms with van der Waals surface area (Å²) in [6.45, 7) is 13.3. The van der Waals surface area contributed by atoms with Crippen molar-refractivity contribution in [3.05, 3.63) is 34.9 Å². The largest absolute Gasteiger partial charge is 0.355 e. The topological polar surface area (TPSA) is 48.5 Å². The summed E-state index contributed by atoms with van der Waals surface area (Å²) in [4.78, 5) is 4.25. The second-order valence-electron chi connectivity index (χ2n) is 6.46. The van der Waals surface area contributed by atoms with Gasteiger partial charge in [-0.1, -0.05) is 23.8 Å². The molecule has 0 aliphatic rings. The third-order valence-corrected chi connectivity index (χ3v) is 3.24. The molecule has 0 spiro atoms. The Hall–Kier alpha value is -0.820. The van der Waals surface area contributed by atoms with Crippen LogP contribution in [-0.2, 0) is 6.54 Å². The highest BCUT2D eigenvalue weighted by Gasteiger charge is 2.07. The number of aryl methyl sites for hydroxylation is 2. The van der Waals surface area contributed by atoms with Gasteiger partial charge < -0.3 is 16.0 Å². The van der Waals surface area contributed by atoms with Crippen LogP contribution < -0.4 is 16.0 Å². The maximum absolute atomic E-state index is 4.25. The van der Waals surface area contributed by atoms with Crippen molar-refractivity contribution in [2.24, 2.45) is 4.99 Å². The third-order valence-electron chi connectivity index (χ3n) is 3.24. The molecular weight excluding hydrogens is 387 g/mol. The summed E-state index contributed by atoms with van der Waals surface area (Å²) in [7, 11) is 1.80. The minimum absolute atomic E-state index is 0. The summed E-state index contributed by atoms with van der Waals surface area (Å²) in [5.74, 6) is 0.839. The quantitative estimate of drug-likeness (QED) is 0.298. The smallest absolute Gasteiger partial charge is 0.191 e. The van der Waals surface area contributed by atoms with E-state index in [9.17, 15) is 0 Å². The van der Waals surface area contributed by atoms with E-state index < -0.39 is 0 Å². The minimum Gasteiger partial charge on any atom is -0.355 e. The van der Waals surface area contributed by atoms with Crippen molar-refractivity contribution < 1.29 is 0 Å². The van der Waals surface area contributed by atoms with Gasteiger partial charge in [0.15, 0.2) is 5.96 Å². The zero-order valence-electron chi connectivity index (χ0n) is 14.7. The number of nitrogens with zero attached hydrogens (tertiary/aromatic N) is 1. The molecule has 22 heavy (non-hydrogen) atoms. The van der Waals surface area contributed by atoms with Gasteiger partial charge in [-0.2, -0.15) is 0 Å². The Kier molecular flexibility index (Phi) is 9.67. The van der Waals surface area contributed by atoms with Crippen LogP contribution in [0.5, 0.6) is 0 Å². The van der Waals surface area contributed by atoms with Crippen molar-refractivity contribution >= 4 is 29.9 Å². The SMILES string of the molecule is CN=C(NCCNC(C)(C)C)NCc1ccc(C)cc1C.I. The zero-order chi connectivity index (χ0) is 15.9. The predicted molar refractivity (Wildman–Crippen MR) is 107 cm³/mol. The van der Waals surface area contributed by atoms with Crippen LogP contribution >= 0.6 is 24.0 Å². The Morgan fingerprint density at radius 1 is 1.09 bits per heavy atom. The number of guanidine groups is 1. The lowest BCUT2D eigenvalue weighted by Crippen LogP contribution is -2.44. The molecule has 0 saturated heterocycles. The summed E-state index contributed by atoms with van der Waals surface area (Å²) < 4.78 is 0. The summed E-state index contributed by atoms with van der Waals surface area (Å²) in [6.07, 6.45) is 0. The van der Waals surface area contributed by atoms with Crippen LogP contribution in [0.1, 0.15) is 37.5 Å². The molecule has 0 fully saturated rings.